The summed E-state index contributed by atoms with van der Waals surface area (Å²) in [7, 11) is 1.69. The number of hydrogen-bond acceptors (Lipinski definition) is 1. The average molecular weight is 264 g/mol. The highest BCUT2D eigenvalue weighted by Crippen LogP contribution is 2.25. The summed E-state index contributed by atoms with van der Waals surface area (Å²) in [6.07, 6.45) is 0. The molecule has 3 heteroatoms. The molecule has 0 saturated carbocycles. The predicted molar refractivity (Wildman–Crippen MR) is 59.5 cm³/mol. The van der Waals surface area contributed by atoms with Gasteiger partial charge in [0.25, 0.3) is 0 Å². The summed E-state index contributed by atoms with van der Waals surface area (Å²) in [6.45, 7) is 0.659. The van der Waals surface area contributed by atoms with E-state index in [1.54, 1.807) is 7.11 Å². The first kappa shape index (κ1) is 11.0. The van der Waals surface area contributed by atoms with Gasteiger partial charge in [0, 0.05) is 23.4 Å². The Bertz CT molecular complexity index is 265. The summed E-state index contributed by atoms with van der Waals surface area (Å²) in [6, 6.07) is 8.08. The van der Waals surface area contributed by atoms with Crippen molar-refractivity contribution in [3.63, 3.8) is 0 Å². The predicted octanol–water partition coefficient (Wildman–Crippen LogP) is 3.42. The lowest BCUT2D eigenvalue weighted by molar-refractivity contribution is 0.185. The van der Waals surface area contributed by atoms with Gasteiger partial charge in [-0.05, 0) is 11.6 Å². The van der Waals surface area contributed by atoms with Crippen LogP contribution < -0.4 is 0 Å². The number of halogens is 2. The molecule has 0 aliphatic heterocycles. The number of methoxy groups -OCH3 is 1. The van der Waals surface area contributed by atoms with Crippen LogP contribution in [0.25, 0.3) is 0 Å². The molecule has 0 N–H and O–H groups in total. The van der Waals surface area contributed by atoms with Crippen molar-refractivity contribution in [2.24, 2.45) is 0 Å². The molecule has 0 amide bonds. The molecule has 0 bridgehead atoms. The Kier molecular flexibility index (Phi) is 4.78. The molecule has 0 saturated heterocycles. The summed E-state index contributed by atoms with van der Waals surface area (Å²) in [5.74, 6) is 0.846. The number of rotatable bonds is 4. The zero-order chi connectivity index (χ0) is 9.68. The lowest BCUT2D eigenvalue weighted by atomic mass is 10.0. The van der Waals surface area contributed by atoms with Gasteiger partial charge >= 0.3 is 0 Å². The number of alkyl halides is 1. The van der Waals surface area contributed by atoms with Crippen molar-refractivity contribution >= 4 is 27.5 Å². The largest absolute Gasteiger partial charge is 0.384 e. The van der Waals surface area contributed by atoms with E-state index in [0.717, 1.165) is 4.47 Å². The fourth-order valence-electron chi connectivity index (χ4n) is 1.22. The maximum absolute atomic E-state index is 5.85. The quantitative estimate of drug-likeness (QED) is 0.757. The maximum atomic E-state index is 5.85. The molecule has 0 radical (unpaired) electrons. The number of ether oxygens (including phenoxy) is 1. The second-order valence-corrected chi connectivity index (χ2v) is 3.99. The lowest BCUT2D eigenvalue weighted by Crippen LogP contribution is -2.08. The fraction of sp³-hybridized carbons (Fsp3) is 0.400. The number of benzene rings is 1. The van der Waals surface area contributed by atoms with Crippen LogP contribution >= 0.6 is 27.5 Å². The van der Waals surface area contributed by atoms with Crippen LogP contribution in [0, 0.1) is 0 Å². The molecule has 1 rings (SSSR count). The third-order valence-electron chi connectivity index (χ3n) is 1.90. The Labute approximate surface area is 92.2 Å². The van der Waals surface area contributed by atoms with Crippen LogP contribution in [-0.4, -0.2) is 19.6 Å². The van der Waals surface area contributed by atoms with Gasteiger partial charge in [-0.3, -0.25) is 0 Å². The Hall–Kier alpha value is -0.0500. The molecule has 0 aromatic heterocycles. The first-order valence-electron chi connectivity index (χ1n) is 4.09. The van der Waals surface area contributed by atoms with E-state index in [1.807, 2.05) is 18.2 Å². The molecule has 13 heavy (non-hydrogen) atoms. The van der Waals surface area contributed by atoms with Crippen molar-refractivity contribution < 1.29 is 4.74 Å². The van der Waals surface area contributed by atoms with Crippen LogP contribution in [0.1, 0.15) is 11.5 Å². The van der Waals surface area contributed by atoms with Gasteiger partial charge in [-0.1, -0.05) is 34.1 Å². The zero-order valence-electron chi connectivity index (χ0n) is 7.47. The van der Waals surface area contributed by atoms with E-state index >= 15 is 0 Å². The molecule has 0 aliphatic carbocycles. The van der Waals surface area contributed by atoms with Crippen molar-refractivity contribution in [2.75, 3.05) is 19.6 Å². The van der Waals surface area contributed by atoms with Crippen molar-refractivity contribution in [1.82, 2.24) is 0 Å². The fourth-order valence-corrected chi connectivity index (χ4v) is 2.09. The second-order valence-electron chi connectivity index (χ2n) is 2.83. The molecule has 0 spiro atoms. The van der Waals surface area contributed by atoms with E-state index < -0.39 is 0 Å². The van der Waals surface area contributed by atoms with Gasteiger partial charge in [-0.15, -0.1) is 11.6 Å². The van der Waals surface area contributed by atoms with Crippen molar-refractivity contribution in [3.8, 4) is 0 Å². The van der Waals surface area contributed by atoms with E-state index in [-0.39, 0.29) is 5.92 Å². The summed E-state index contributed by atoms with van der Waals surface area (Å²) in [5.41, 5.74) is 1.21. The summed E-state index contributed by atoms with van der Waals surface area (Å²) >= 11 is 9.35. The monoisotopic (exact) mass is 262 g/mol. The van der Waals surface area contributed by atoms with Crippen molar-refractivity contribution in [1.29, 1.82) is 0 Å². The average Bonchev–Trinajstić information content (AvgIpc) is 2.16. The first-order chi connectivity index (χ1) is 6.29. The molecule has 1 nitrogen and oxygen atoms in total. The molecule has 0 fully saturated rings. The minimum atomic E-state index is 0.266. The van der Waals surface area contributed by atoms with Crippen LogP contribution in [0.3, 0.4) is 0 Å². The van der Waals surface area contributed by atoms with Gasteiger partial charge < -0.3 is 4.74 Å². The van der Waals surface area contributed by atoms with E-state index in [9.17, 15) is 0 Å². The molecule has 72 valence electrons. The Morgan fingerprint density at radius 2 is 2.15 bits per heavy atom. The highest BCUT2D eigenvalue weighted by molar-refractivity contribution is 9.10. The summed E-state index contributed by atoms with van der Waals surface area (Å²) in [4.78, 5) is 0. The van der Waals surface area contributed by atoms with Crippen LogP contribution in [0.5, 0.6) is 0 Å². The lowest BCUT2D eigenvalue weighted by Gasteiger charge is -2.14. The van der Waals surface area contributed by atoms with Gasteiger partial charge in [-0.2, -0.15) is 0 Å². The normalized spacial score (nSPS) is 12.8. The van der Waals surface area contributed by atoms with E-state index in [0.29, 0.717) is 12.5 Å². The number of hydrogen-bond donors (Lipinski definition) is 0. The molecule has 0 aliphatic rings. The zero-order valence-corrected chi connectivity index (χ0v) is 9.81. The molecular formula is C10H12BrClO. The van der Waals surface area contributed by atoms with Gasteiger partial charge in [0.15, 0.2) is 0 Å². The maximum Gasteiger partial charge on any atom is 0.0542 e. The molecular weight excluding hydrogens is 251 g/mol. The topological polar surface area (TPSA) is 9.23 Å². The van der Waals surface area contributed by atoms with Gasteiger partial charge in [-0.25, -0.2) is 0 Å². The van der Waals surface area contributed by atoms with E-state index in [2.05, 4.69) is 22.0 Å². The first-order valence-corrected chi connectivity index (χ1v) is 5.41. The molecule has 1 atom stereocenters. The van der Waals surface area contributed by atoms with Gasteiger partial charge in [0.1, 0.15) is 0 Å². The molecule has 0 heterocycles. The molecule has 1 aromatic carbocycles. The van der Waals surface area contributed by atoms with Crippen molar-refractivity contribution in [2.45, 2.75) is 5.92 Å². The van der Waals surface area contributed by atoms with Crippen LogP contribution in [0.2, 0.25) is 0 Å². The van der Waals surface area contributed by atoms with Gasteiger partial charge in [0.2, 0.25) is 0 Å². The van der Waals surface area contributed by atoms with E-state index in [4.69, 9.17) is 16.3 Å². The minimum absolute atomic E-state index is 0.266. The molecule has 1 unspecified atom stereocenters. The minimum Gasteiger partial charge on any atom is -0.384 e. The highest BCUT2D eigenvalue weighted by Gasteiger charge is 2.12. The van der Waals surface area contributed by atoms with Crippen LogP contribution in [0.15, 0.2) is 28.7 Å². The Balaban J connectivity index is 2.84. The van der Waals surface area contributed by atoms with Crippen LogP contribution in [-0.2, 0) is 4.74 Å². The van der Waals surface area contributed by atoms with Crippen molar-refractivity contribution in [3.05, 3.63) is 34.3 Å². The second kappa shape index (κ2) is 5.63. The highest BCUT2D eigenvalue weighted by atomic mass is 79.9. The Morgan fingerprint density at radius 3 is 2.69 bits per heavy atom. The Morgan fingerprint density at radius 1 is 1.46 bits per heavy atom. The van der Waals surface area contributed by atoms with Crippen LogP contribution in [0.4, 0.5) is 0 Å². The third kappa shape index (κ3) is 2.97. The third-order valence-corrected chi connectivity index (χ3v) is 2.99. The smallest absolute Gasteiger partial charge is 0.0542 e. The standard InChI is InChI=1S/C10H12BrClO/c1-13-7-8(6-12)9-4-2-3-5-10(9)11/h2-5,8H,6-7H2,1H3. The van der Waals surface area contributed by atoms with Gasteiger partial charge in [0.05, 0.1) is 6.61 Å². The molecule has 1 aromatic rings. The van der Waals surface area contributed by atoms with E-state index in [1.165, 1.54) is 5.56 Å². The SMILES string of the molecule is COCC(CCl)c1ccccc1Br. The summed E-state index contributed by atoms with van der Waals surface area (Å²) in [5, 5.41) is 0. The summed E-state index contributed by atoms with van der Waals surface area (Å²) < 4.78 is 6.19.